The van der Waals surface area contributed by atoms with Gasteiger partial charge in [0, 0.05) is 37.9 Å². The van der Waals surface area contributed by atoms with E-state index in [2.05, 4.69) is 10.6 Å². The molecule has 1 atom stereocenters. The van der Waals surface area contributed by atoms with E-state index in [9.17, 15) is 13.6 Å². The van der Waals surface area contributed by atoms with Crippen LogP contribution in [0.15, 0.2) is 48.5 Å². The monoisotopic (exact) mass is 345 g/mol. The third-order valence-electron chi connectivity index (χ3n) is 4.57. The molecular weight excluding hydrogens is 324 g/mol. The standard InChI is InChI=1S/C19H21F2N3O/c1-22-18(25)19(23-16-7-4-6-15(20)11-16)9-10-24(13-19)12-14-5-2-3-8-17(14)21/h2-8,11,23H,9-10,12-13H2,1H3,(H,22,25). The Morgan fingerprint density at radius 3 is 2.72 bits per heavy atom. The molecule has 4 nitrogen and oxygen atoms in total. The maximum Gasteiger partial charge on any atom is 0.246 e. The fourth-order valence-electron chi connectivity index (χ4n) is 3.32. The molecule has 0 aliphatic carbocycles. The van der Waals surface area contributed by atoms with Crippen molar-refractivity contribution in [2.45, 2.75) is 18.5 Å². The largest absolute Gasteiger partial charge is 0.370 e. The summed E-state index contributed by atoms with van der Waals surface area (Å²) in [5.74, 6) is -0.774. The molecule has 0 saturated carbocycles. The molecule has 1 unspecified atom stereocenters. The minimum absolute atomic E-state index is 0.159. The van der Waals surface area contributed by atoms with Crippen LogP contribution in [0.1, 0.15) is 12.0 Å². The van der Waals surface area contributed by atoms with Crippen LogP contribution >= 0.6 is 0 Å². The molecule has 0 bridgehead atoms. The molecule has 0 aromatic heterocycles. The van der Waals surface area contributed by atoms with Crippen molar-refractivity contribution < 1.29 is 13.6 Å². The number of carbonyl (C=O) groups excluding carboxylic acids is 1. The van der Waals surface area contributed by atoms with Crippen molar-refractivity contribution in [1.29, 1.82) is 0 Å². The van der Waals surface area contributed by atoms with Gasteiger partial charge < -0.3 is 10.6 Å². The van der Waals surface area contributed by atoms with Crippen molar-refractivity contribution >= 4 is 11.6 Å². The minimum atomic E-state index is -0.867. The van der Waals surface area contributed by atoms with Crippen molar-refractivity contribution in [1.82, 2.24) is 10.2 Å². The molecule has 132 valence electrons. The molecule has 6 heteroatoms. The van der Waals surface area contributed by atoms with Crippen LogP contribution in [-0.4, -0.2) is 36.5 Å². The number of rotatable bonds is 5. The van der Waals surface area contributed by atoms with Gasteiger partial charge in [-0.25, -0.2) is 8.78 Å². The topological polar surface area (TPSA) is 44.4 Å². The van der Waals surface area contributed by atoms with Gasteiger partial charge in [0.15, 0.2) is 0 Å². The van der Waals surface area contributed by atoms with Gasteiger partial charge in [0.2, 0.25) is 5.91 Å². The predicted molar refractivity (Wildman–Crippen MR) is 93.1 cm³/mol. The SMILES string of the molecule is CNC(=O)C1(Nc2cccc(F)c2)CCN(Cc2ccccc2F)C1. The summed E-state index contributed by atoms with van der Waals surface area (Å²) in [6.07, 6.45) is 0.553. The number of nitrogens with one attached hydrogen (secondary N) is 2. The summed E-state index contributed by atoms with van der Waals surface area (Å²) in [4.78, 5) is 14.5. The maximum atomic E-state index is 13.9. The first kappa shape index (κ1) is 17.4. The van der Waals surface area contributed by atoms with E-state index in [0.29, 0.717) is 37.3 Å². The zero-order valence-electron chi connectivity index (χ0n) is 14.1. The number of likely N-dealkylation sites (tertiary alicyclic amines) is 1. The normalized spacial score (nSPS) is 20.4. The van der Waals surface area contributed by atoms with Crippen molar-refractivity contribution in [2.24, 2.45) is 0 Å². The first-order chi connectivity index (χ1) is 12.0. The number of hydrogen-bond donors (Lipinski definition) is 2. The molecule has 1 saturated heterocycles. The second-order valence-electron chi connectivity index (χ2n) is 6.35. The Balaban J connectivity index is 1.78. The maximum absolute atomic E-state index is 13.9. The van der Waals surface area contributed by atoms with Crippen LogP contribution in [-0.2, 0) is 11.3 Å². The highest BCUT2D eigenvalue weighted by Gasteiger charge is 2.44. The number of hydrogen-bond acceptors (Lipinski definition) is 3. The highest BCUT2D eigenvalue weighted by atomic mass is 19.1. The van der Waals surface area contributed by atoms with Gasteiger partial charge in [-0.1, -0.05) is 24.3 Å². The van der Waals surface area contributed by atoms with Crippen LogP contribution in [0.2, 0.25) is 0 Å². The van der Waals surface area contributed by atoms with E-state index in [1.807, 2.05) is 4.90 Å². The summed E-state index contributed by atoms with van der Waals surface area (Å²) >= 11 is 0. The van der Waals surface area contributed by atoms with Crippen LogP contribution in [0.25, 0.3) is 0 Å². The second-order valence-corrected chi connectivity index (χ2v) is 6.35. The number of carbonyl (C=O) groups is 1. The lowest BCUT2D eigenvalue weighted by Crippen LogP contribution is -2.53. The summed E-state index contributed by atoms with van der Waals surface area (Å²) < 4.78 is 27.4. The first-order valence-corrected chi connectivity index (χ1v) is 8.24. The van der Waals surface area contributed by atoms with E-state index in [-0.39, 0.29) is 17.5 Å². The van der Waals surface area contributed by atoms with E-state index >= 15 is 0 Å². The van der Waals surface area contributed by atoms with E-state index in [4.69, 9.17) is 0 Å². The van der Waals surface area contributed by atoms with Gasteiger partial charge in [-0.3, -0.25) is 9.69 Å². The molecule has 1 heterocycles. The number of benzene rings is 2. The Labute approximate surface area is 145 Å². The van der Waals surface area contributed by atoms with Crippen LogP contribution in [0.4, 0.5) is 14.5 Å². The highest BCUT2D eigenvalue weighted by Crippen LogP contribution is 2.28. The van der Waals surface area contributed by atoms with E-state index in [1.165, 1.54) is 18.2 Å². The summed E-state index contributed by atoms with van der Waals surface area (Å²) in [6, 6.07) is 12.7. The Morgan fingerprint density at radius 1 is 1.20 bits per heavy atom. The molecule has 0 spiro atoms. The molecule has 1 aliphatic rings. The van der Waals surface area contributed by atoms with Gasteiger partial charge in [0.05, 0.1) is 0 Å². The average Bonchev–Trinajstić information content (AvgIpc) is 3.00. The van der Waals surface area contributed by atoms with E-state index in [0.717, 1.165) is 0 Å². The van der Waals surface area contributed by atoms with Gasteiger partial charge in [0.25, 0.3) is 0 Å². The van der Waals surface area contributed by atoms with Gasteiger partial charge in [-0.15, -0.1) is 0 Å². The van der Waals surface area contributed by atoms with Gasteiger partial charge in [-0.05, 0) is 30.7 Å². The fraction of sp³-hybridized carbons (Fsp3) is 0.316. The van der Waals surface area contributed by atoms with Gasteiger partial charge in [-0.2, -0.15) is 0 Å². The minimum Gasteiger partial charge on any atom is -0.370 e. The second kappa shape index (κ2) is 7.19. The molecule has 1 aliphatic heterocycles. The Kier molecular flexibility index (Phi) is 4.99. The summed E-state index contributed by atoms with van der Waals surface area (Å²) in [5, 5.41) is 5.87. The van der Waals surface area contributed by atoms with E-state index < -0.39 is 5.54 Å². The Bertz CT molecular complexity index is 768. The quantitative estimate of drug-likeness (QED) is 0.876. The summed E-state index contributed by atoms with van der Waals surface area (Å²) in [5.41, 5.74) is 0.283. The highest BCUT2D eigenvalue weighted by molar-refractivity contribution is 5.90. The number of halogens is 2. The number of amides is 1. The van der Waals surface area contributed by atoms with E-state index in [1.54, 1.807) is 37.4 Å². The molecule has 0 radical (unpaired) electrons. The molecule has 1 fully saturated rings. The number of likely N-dealkylation sites (N-methyl/N-ethyl adjacent to an activating group) is 1. The van der Waals surface area contributed by atoms with Gasteiger partial charge in [0.1, 0.15) is 17.2 Å². The molecule has 1 amide bonds. The molecule has 25 heavy (non-hydrogen) atoms. The molecule has 2 N–H and O–H groups in total. The third kappa shape index (κ3) is 3.79. The molecular formula is C19H21F2N3O. The zero-order chi connectivity index (χ0) is 17.9. The van der Waals surface area contributed by atoms with Crippen molar-refractivity contribution in [3.05, 3.63) is 65.7 Å². The summed E-state index contributed by atoms with van der Waals surface area (Å²) in [6.45, 7) is 1.48. The van der Waals surface area contributed by atoms with Crippen molar-refractivity contribution in [3.8, 4) is 0 Å². The lowest BCUT2D eigenvalue weighted by molar-refractivity contribution is -0.124. The predicted octanol–water partition coefficient (Wildman–Crippen LogP) is 2.77. The van der Waals surface area contributed by atoms with Crippen LogP contribution in [0.3, 0.4) is 0 Å². The number of anilines is 1. The third-order valence-corrected chi connectivity index (χ3v) is 4.57. The van der Waals surface area contributed by atoms with Crippen LogP contribution < -0.4 is 10.6 Å². The molecule has 2 aromatic carbocycles. The van der Waals surface area contributed by atoms with Crippen molar-refractivity contribution in [2.75, 3.05) is 25.5 Å². The summed E-state index contributed by atoms with van der Waals surface area (Å²) in [7, 11) is 1.58. The molecule has 2 aromatic rings. The fourth-order valence-corrected chi connectivity index (χ4v) is 3.32. The van der Waals surface area contributed by atoms with Crippen LogP contribution in [0.5, 0.6) is 0 Å². The lowest BCUT2D eigenvalue weighted by Gasteiger charge is -2.30. The average molecular weight is 345 g/mol. The first-order valence-electron chi connectivity index (χ1n) is 8.24. The zero-order valence-corrected chi connectivity index (χ0v) is 14.1. The van der Waals surface area contributed by atoms with Crippen molar-refractivity contribution in [3.63, 3.8) is 0 Å². The number of nitrogens with zero attached hydrogens (tertiary/aromatic N) is 1. The molecule has 3 rings (SSSR count). The van der Waals surface area contributed by atoms with Crippen LogP contribution in [0, 0.1) is 11.6 Å². The smallest absolute Gasteiger partial charge is 0.246 e. The van der Waals surface area contributed by atoms with Gasteiger partial charge >= 0.3 is 0 Å². The Morgan fingerprint density at radius 2 is 2.00 bits per heavy atom. The Hall–Kier alpha value is -2.47. The lowest BCUT2D eigenvalue weighted by atomic mass is 9.96.